The molecule has 0 saturated heterocycles. The molecule has 27 heavy (non-hydrogen) atoms. The van der Waals surface area contributed by atoms with Crippen LogP contribution in [0.2, 0.25) is 0 Å². The normalized spacial score (nSPS) is 14.0. The fraction of sp³-hybridized carbons (Fsp3) is 0.250. The number of ketones is 1. The Balaban J connectivity index is 2.48. The van der Waals surface area contributed by atoms with Crippen molar-refractivity contribution < 1.29 is 33.7 Å². The minimum atomic E-state index is -2.32. The highest BCUT2D eigenvalue weighted by atomic mass is 16.8. The number of aliphatic carboxylic acids is 1. The third-order valence-corrected chi connectivity index (χ3v) is 3.60. The minimum Gasteiger partial charge on any atom is -0.477 e. The van der Waals surface area contributed by atoms with Crippen molar-refractivity contribution in [2.45, 2.75) is 25.9 Å². The molecule has 0 aliphatic carbocycles. The molecule has 0 fully saturated rings. The number of esters is 1. The second-order valence-electron chi connectivity index (χ2n) is 5.51. The molecular weight excluding hydrogens is 352 g/mol. The molecular formula is C20H20O7. The van der Waals surface area contributed by atoms with Crippen molar-refractivity contribution in [3.05, 3.63) is 71.8 Å². The summed E-state index contributed by atoms with van der Waals surface area (Å²) < 4.78 is 15.9. The summed E-state index contributed by atoms with van der Waals surface area (Å²) in [5.74, 6) is -5.30. The van der Waals surface area contributed by atoms with Crippen LogP contribution in [0.4, 0.5) is 0 Å². The van der Waals surface area contributed by atoms with Gasteiger partial charge in [-0.05, 0) is 6.92 Å². The Kier molecular flexibility index (Phi) is 6.81. The fourth-order valence-electron chi connectivity index (χ4n) is 2.45. The van der Waals surface area contributed by atoms with Crippen molar-refractivity contribution in [1.29, 1.82) is 0 Å². The highest BCUT2D eigenvalue weighted by Gasteiger charge is 2.47. The van der Waals surface area contributed by atoms with Crippen LogP contribution in [0, 0.1) is 0 Å². The third-order valence-electron chi connectivity index (χ3n) is 3.60. The zero-order chi connectivity index (χ0) is 19.9. The fourth-order valence-corrected chi connectivity index (χ4v) is 2.45. The molecule has 0 radical (unpaired) electrons. The Morgan fingerprint density at radius 2 is 1.56 bits per heavy atom. The molecule has 0 heterocycles. The molecule has 7 heteroatoms. The van der Waals surface area contributed by atoms with E-state index in [1.165, 1.54) is 24.3 Å². The van der Waals surface area contributed by atoms with Crippen LogP contribution >= 0.6 is 0 Å². The predicted octanol–water partition coefficient (Wildman–Crippen LogP) is 2.75. The maximum absolute atomic E-state index is 12.8. The van der Waals surface area contributed by atoms with E-state index < -0.39 is 29.8 Å². The summed E-state index contributed by atoms with van der Waals surface area (Å²) in [5, 5.41) is 9.84. The summed E-state index contributed by atoms with van der Waals surface area (Å²) in [6.45, 7) is 2.66. The molecule has 0 amide bonds. The molecule has 0 saturated carbocycles. The standard InChI is InChI=1S/C20H20O7/c1-3-25-20(19(23)24,16-12-8-5-9-13-16)27-18(26-14(2)21)17(22)15-10-6-4-7-11-15/h4-13,18H,3H2,1-2H3,(H,23,24). The molecule has 2 rings (SSSR count). The number of rotatable bonds is 9. The number of carbonyl (C=O) groups excluding carboxylic acids is 2. The number of carbonyl (C=O) groups is 3. The van der Waals surface area contributed by atoms with Gasteiger partial charge < -0.3 is 14.6 Å². The van der Waals surface area contributed by atoms with Crippen LogP contribution < -0.4 is 0 Å². The van der Waals surface area contributed by atoms with Crippen molar-refractivity contribution in [2.75, 3.05) is 6.61 Å². The van der Waals surface area contributed by atoms with Crippen LogP contribution in [0.3, 0.4) is 0 Å². The summed E-state index contributed by atoms with van der Waals surface area (Å²) in [6, 6.07) is 15.9. The van der Waals surface area contributed by atoms with Crippen LogP contribution in [-0.2, 0) is 29.6 Å². The van der Waals surface area contributed by atoms with E-state index >= 15 is 0 Å². The predicted molar refractivity (Wildman–Crippen MR) is 94.8 cm³/mol. The Bertz CT molecular complexity index is 788. The SMILES string of the molecule is CCOC(OC(OC(C)=O)C(=O)c1ccccc1)(C(=O)O)c1ccccc1. The first-order valence-corrected chi connectivity index (χ1v) is 8.28. The number of hydrogen-bond donors (Lipinski definition) is 1. The lowest BCUT2D eigenvalue weighted by Crippen LogP contribution is -2.47. The zero-order valence-electron chi connectivity index (χ0n) is 15.0. The van der Waals surface area contributed by atoms with E-state index in [0.717, 1.165) is 6.92 Å². The summed E-state index contributed by atoms with van der Waals surface area (Å²) in [4.78, 5) is 36.4. The number of carboxylic acids is 1. The zero-order valence-corrected chi connectivity index (χ0v) is 15.0. The van der Waals surface area contributed by atoms with Crippen molar-refractivity contribution in [2.24, 2.45) is 0 Å². The molecule has 142 valence electrons. The lowest BCUT2D eigenvalue weighted by molar-refractivity contribution is -0.290. The molecule has 7 nitrogen and oxygen atoms in total. The Morgan fingerprint density at radius 3 is 2.04 bits per heavy atom. The average Bonchev–Trinajstić information content (AvgIpc) is 2.67. The number of Topliss-reactive ketones (excluding diaryl/α,β-unsaturated/α-hetero) is 1. The van der Waals surface area contributed by atoms with Crippen LogP contribution in [0.1, 0.15) is 29.8 Å². The van der Waals surface area contributed by atoms with E-state index in [0.29, 0.717) is 0 Å². The second kappa shape index (κ2) is 9.07. The second-order valence-corrected chi connectivity index (χ2v) is 5.51. The molecule has 2 atom stereocenters. The number of hydrogen-bond acceptors (Lipinski definition) is 6. The number of ether oxygens (including phenoxy) is 3. The van der Waals surface area contributed by atoms with Gasteiger partial charge in [-0.15, -0.1) is 0 Å². The van der Waals surface area contributed by atoms with Gasteiger partial charge in [-0.1, -0.05) is 60.7 Å². The van der Waals surface area contributed by atoms with Crippen LogP contribution in [0.15, 0.2) is 60.7 Å². The quantitative estimate of drug-likeness (QED) is 0.410. The molecule has 1 N–H and O–H groups in total. The van der Waals surface area contributed by atoms with Gasteiger partial charge >= 0.3 is 11.9 Å². The highest BCUT2D eigenvalue weighted by molar-refractivity contribution is 5.99. The molecule has 2 unspecified atom stereocenters. The average molecular weight is 372 g/mol. The van der Waals surface area contributed by atoms with Crippen LogP contribution in [-0.4, -0.2) is 35.7 Å². The van der Waals surface area contributed by atoms with Gasteiger partial charge in [-0.3, -0.25) is 14.3 Å². The van der Waals surface area contributed by atoms with Gasteiger partial charge in [0, 0.05) is 24.7 Å². The first-order chi connectivity index (χ1) is 12.9. The van der Waals surface area contributed by atoms with Gasteiger partial charge in [-0.2, -0.15) is 0 Å². The van der Waals surface area contributed by atoms with Gasteiger partial charge in [-0.25, -0.2) is 4.79 Å². The van der Waals surface area contributed by atoms with E-state index in [1.807, 2.05) is 0 Å². The minimum absolute atomic E-state index is 0.0203. The van der Waals surface area contributed by atoms with Gasteiger partial charge in [0.2, 0.25) is 5.78 Å². The van der Waals surface area contributed by atoms with Gasteiger partial charge in [0.05, 0.1) is 0 Å². The topological polar surface area (TPSA) is 99.1 Å². The third kappa shape index (κ3) is 4.78. The van der Waals surface area contributed by atoms with E-state index in [2.05, 4.69) is 0 Å². The van der Waals surface area contributed by atoms with Crippen LogP contribution in [0.5, 0.6) is 0 Å². The largest absolute Gasteiger partial charge is 0.477 e. The molecule has 2 aromatic rings. The Morgan fingerprint density at radius 1 is 1.00 bits per heavy atom. The van der Waals surface area contributed by atoms with Crippen LogP contribution in [0.25, 0.3) is 0 Å². The first kappa shape index (κ1) is 20.3. The van der Waals surface area contributed by atoms with E-state index in [9.17, 15) is 19.5 Å². The monoisotopic (exact) mass is 372 g/mol. The lowest BCUT2D eigenvalue weighted by Gasteiger charge is -2.32. The van der Waals surface area contributed by atoms with E-state index in [4.69, 9.17) is 14.2 Å². The van der Waals surface area contributed by atoms with Crippen molar-refractivity contribution in [1.82, 2.24) is 0 Å². The summed E-state index contributed by atoms with van der Waals surface area (Å²) >= 11 is 0. The van der Waals surface area contributed by atoms with Gasteiger partial charge in [0.1, 0.15) is 0 Å². The molecule has 0 spiro atoms. The Labute approximate surface area is 156 Å². The maximum Gasteiger partial charge on any atom is 0.369 e. The molecule has 0 bridgehead atoms. The summed E-state index contributed by atoms with van der Waals surface area (Å²) in [5.41, 5.74) is 0.352. The molecule has 2 aromatic carbocycles. The highest BCUT2D eigenvalue weighted by Crippen LogP contribution is 2.31. The molecule has 0 aliphatic rings. The first-order valence-electron chi connectivity index (χ1n) is 8.28. The van der Waals surface area contributed by atoms with E-state index in [-0.39, 0.29) is 17.7 Å². The number of carboxylic acid groups (broad SMARTS) is 1. The Hall–Kier alpha value is -3.03. The maximum atomic E-state index is 12.8. The molecule has 0 aliphatic heterocycles. The van der Waals surface area contributed by atoms with Crippen molar-refractivity contribution in [3.63, 3.8) is 0 Å². The lowest BCUT2D eigenvalue weighted by atomic mass is 10.1. The van der Waals surface area contributed by atoms with E-state index in [1.54, 1.807) is 43.3 Å². The molecule has 0 aromatic heterocycles. The van der Waals surface area contributed by atoms with Crippen molar-refractivity contribution >= 4 is 17.7 Å². The van der Waals surface area contributed by atoms with Gasteiger partial charge in [0.15, 0.2) is 0 Å². The smallest absolute Gasteiger partial charge is 0.369 e. The number of benzene rings is 2. The van der Waals surface area contributed by atoms with Crippen molar-refractivity contribution in [3.8, 4) is 0 Å². The van der Waals surface area contributed by atoms with Gasteiger partial charge in [0.25, 0.3) is 12.1 Å². The summed E-state index contributed by atoms with van der Waals surface area (Å²) in [6.07, 6.45) is -1.80. The summed E-state index contributed by atoms with van der Waals surface area (Å²) in [7, 11) is 0.